The lowest BCUT2D eigenvalue weighted by atomic mass is 10.0. The van der Waals surface area contributed by atoms with E-state index in [0.29, 0.717) is 28.1 Å². The lowest BCUT2D eigenvalue weighted by Crippen LogP contribution is -2.59. The van der Waals surface area contributed by atoms with E-state index in [1.54, 1.807) is 78.9 Å². The molecule has 0 saturated heterocycles. The van der Waals surface area contributed by atoms with Gasteiger partial charge < -0.3 is 36.4 Å². The minimum atomic E-state index is -1.35. The maximum atomic E-state index is 14.2. The quantitative estimate of drug-likeness (QED) is 0.149. The summed E-state index contributed by atoms with van der Waals surface area (Å²) in [6, 6.07) is 21.0. The topological polar surface area (TPSA) is 192 Å². The minimum Gasteiger partial charge on any atom is -0.497 e. The number of carboxylic acid groups (broad SMARTS) is 1. The molecule has 13 nitrogen and oxygen atoms in total. The summed E-state index contributed by atoms with van der Waals surface area (Å²) in [5.41, 5.74) is 2.38. The monoisotopic (exact) mass is 739 g/mol. The van der Waals surface area contributed by atoms with Gasteiger partial charge in [0.25, 0.3) is 0 Å². The first-order valence-corrected chi connectivity index (χ1v) is 18.0. The second kappa shape index (κ2) is 18.5. The number of amides is 5. The van der Waals surface area contributed by atoms with Crippen LogP contribution in [0.1, 0.15) is 34.4 Å². The van der Waals surface area contributed by atoms with Crippen molar-refractivity contribution in [2.75, 3.05) is 12.4 Å². The Hall–Kier alpha value is -6.02. The average molecular weight is 740 g/mol. The van der Waals surface area contributed by atoms with E-state index in [4.69, 9.17) is 4.74 Å². The van der Waals surface area contributed by atoms with Gasteiger partial charge in [-0.15, -0.1) is 11.3 Å². The van der Waals surface area contributed by atoms with Crippen LogP contribution in [-0.2, 0) is 54.5 Å². The number of hydrogen-bond donors (Lipinski definition) is 6. The fraction of sp³-hybridized carbons (Fsp3) is 0.282. The van der Waals surface area contributed by atoms with Crippen molar-refractivity contribution in [3.05, 3.63) is 118 Å². The van der Waals surface area contributed by atoms with Crippen LogP contribution in [0.25, 0.3) is 0 Å². The van der Waals surface area contributed by atoms with E-state index in [0.717, 1.165) is 4.88 Å². The highest BCUT2D eigenvalue weighted by Crippen LogP contribution is 2.17. The Morgan fingerprint density at radius 2 is 1.26 bits per heavy atom. The normalized spacial score (nSPS) is 20.5. The number of aliphatic carboxylic acids is 1. The van der Waals surface area contributed by atoms with Gasteiger partial charge in [0.2, 0.25) is 29.5 Å². The standard InChI is InChI=1S/C39H41N5O8S/c1-52-28-15-11-26(12-16-28)21-31-36(47)42-30(20-24-6-3-2-4-7-24)37(48)44-33(39(50)51)22-25-9-13-27(14-10-25)40-34(45)17-18-35(46)41-32(38(49)43-31)23-29-8-5-19-53-29/h2-16,19,30-33H,17-18,20-23H2,1H3,(H,40,45)(H,41,46)(H,42,47)(H,43,49)(H,44,48)(H,50,51). The molecule has 2 bridgehead atoms. The molecule has 14 heteroatoms. The molecule has 1 aromatic heterocycles. The molecule has 3 aromatic carbocycles. The maximum Gasteiger partial charge on any atom is 0.326 e. The summed E-state index contributed by atoms with van der Waals surface area (Å²) in [6.45, 7) is 0. The molecule has 276 valence electrons. The van der Waals surface area contributed by atoms with E-state index >= 15 is 0 Å². The van der Waals surface area contributed by atoms with E-state index in [1.165, 1.54) is 18.4 Å². The average Bonchev–Trinajstić information content (AvgIpc) is 3.67. The third kappa shape index (κ3) is 11.5. The molecule has 0 aliphatic carbocycles. The maximum absolute atomic E-state index is 14.2. The van der Waals surface area contributed by atoms with Crippen LogP contribution in [0.2, 0.25) is 0 Å². The number of fused-ring (bicyclic) bond motifs is 18. The first-order valence-electron chi connectivity index (χ1n) is 17.1. The largest absolute Gasteiger partial charge is 0.497 e. The molecular formula is C39H41N5O8S. The zero-order valence-corrected chi connectivity index (χ0v) is 29.8. The summed E-state index contributed by atoms with van der Waals surface area (Å²) < 4.78 is 5.26. The van der Waals surface area contributed by atoms with Crippen LogP contribution < -0.4 is 31.3 Å². The molecule has 4 unspecified atom stereocenters. The molecule has 6 N–H and O–H groups in total. The molecule has 2 aliphatic heterocycles. The van der Waals surface area contributed by atoms with Gasteiger partial charge >= 0.3 is 5.97 Å². The van der Waals surface area contributed by atoms with Gasteiger partial charge in [-0.2, -0.15) is 0 Å². The van der Waals surface area contributed by atoms with E-state index < -0.39 is 59.7 Å². The fourth-order valence-electron chi connectivity index (χ4n) is 5.80. The molecule has 0 spiro atoms. The van der Waals surface area contributed by atoms with Crippen LogP contribution in [0, 0.1) is 0 Å². The summed E-state index contributed by atoms with van der Waals surface area (Å²) in [5, 5.41) is 25.5. The molecule has 0 saturated carbocycles. The van der Waals surface area contributed by atoms with Gasteiger partial charge in [-0.1, -0.05) is 60.7 Å². The lowest BCUT2D eigenvalue weighted by molar-refractivity contribution is -0.142. The molecule has 0 fully saturated rings. The summed E-state index contributed by atoms with van der Waals surface area (Å²) in [4.78, 5) is 81.1. The number of carbonyl (C=O) groups excluding carboxylic acids is 5. The second-order valence-electron chi connectivity index (χ2n) is 12.6. The number of anilines is 1. The highest BCUT2D eigenvalue weighted by atomic mass is 32.1. The zero-order valence-electron chi connectivity index (χ0n) is 29.0. The third-order valence-corrected chi connectivity index (χ3v) is 9.55. The number of hydrogen-bond acceptors (Lipinski definition) is 8. The van der Waals surface area contributed by atoms with Crippen LogP contribution in [0.5, 0.6) is 5.75 Å². The van der Waals surface area contributed by atoms with E-state index in [-0.39, 0.29) is 38.5 Å². The Balaban J connectivity index is 1.50. The summed E-state index contributed by atoms with van der Waals surface area (Å²) >= 11 is 1.40. The van der Waals surface area contributed by atoms with Crippen molar-refractivity contribution >= 4 is 52.5 Å². The number of nitrogens with one attached hydrogen (secondary N) is 5. The lowest BCUT2D eigenvalue weighted by Gasteiger charge is -2.26. The zero-order chi connectivity index (χ0) is 37.7. The Morgan fingerprint density at radius 1 is 0.679 bits per heavy atom. The Kier molecular flexibility index (Phi) is 13.3. The van der Waals surface area contributed by atoms with Gasteiger partial charge in [0.1, 0.15) is 29.9 Å². The van der Waals surface area contributed by atoms with Crippen molar-refractivity contribution in [3.8, 4) is 5.75 Å². The van der Waals surface area contributed by atoms with Gasteiger partial charge in [0.15, 0.2) is 0 Å². The summed E-state index contributed by atoms with van der Waals surface area (Å²) in [5.74, 6) is -3.74. The van der Waals surface area contributed by atoms with Crippen LogP contribution in [-0.4, -0.2) is 71.9 Å². The molecule has 0 radical (unpaired) electrons. The van der Waals surface area contributed by atoms with E-state index in [9.17, 15) is 33.9 Å². The van der Waals surface area contributed by atoms with Crippen LogP contribution >= 0.6 is 11.3 Å². The number of benzene rings is 3. The number of ether oxygens (including phenoxy) is 1. The van der Waals surface area contributed by atoms with Crippen molar-refractivity contribution in [1.29, 1.82) is 0 Å². The van der Waals surface area contributed by atoms with Crippen molar-refractivity contribution in [2.24, 2.45) is 0 Å². The Labute approximate surface area is 310 Å². The van der Waals surface area contributed by atoms with E-state index in [2.05, 4.69) is 26.6 Å². The first kappa shape index (κ1) is 38.2. The molecule has 4 aromatic rings. The van der Waals surface area contributed by atoms with Crippen molar-refractivity contribution in [3.63, 3.8) is 0 Å². The van der Waals surface area contributed by atoms with Crippen LogP contribution in [0.15, 0.2) is 96.4 Å². The van der Waals surface area contributed by atoms with Crippen molar-refractivity contribution < 1.29 is 38.6 Å². The Morgan fingerprint density at radius 3 is 1.85 bits per heavy atom. The van der Waals surface area contributed by atoms with Crippen molar-refractivity contribution in [1.82, 2.24) is 21.3 Å². The fourth-order valence-corrected chi connectivity index (χ4v) is 6.55. The van der Waals surface area contributed by atoms with Gasteiger partial charge in [-0.05, 0) is 52.4 Å². The third-order valence-electron chi connectivity index (χ3n) is 8.66. The molecule has 53 heavy (non-hydrogen) atoms. The van der Waals surface area contributed by atoms with Crippen LogP contribution in [0.3, 0.4) is 0 Å². The molecule has 5 amide bonds. The smallest absolute Gasteiger partial charge is 0.326 e. The van der Waals surface area contributed by atoms with E-state index in [1.807, 2.05) is 17.5 Å². The molecule has 2 aliphatic rings. The number of carboxylic acids is 1. The Bertz CT molecular complexity index is 1890. The van der Waals surface area contributed by atoms with Crippen molar-refractivity contribution in [2.45, 2.75) is 62.7 Å². The highest BCUT2D eigenvalue weighted by molar-refractivity contribution is 7.09. The summed E-state index contributed by atoms with van der Waals surface area (Å²) in [6.07, 6.45) is -0.292. The van der Waals surface area contributed by atoms with Gasteiger partial charge in [0, 0.05) is 49.1 Å². The summed E-state index contributed by atoms with van der Waals surface area (Å²) in [7, 11) is 1.52. The second-order valence-corrected chi connectivity index (χ2v) is 13.6. The predicted molar refractivity (Wildman–Crippen MR) is 198 cm³/mol. The molecule has 4 atom stereocenters. The van der Waals surface area contributed by atoms with Gasteiger partial charge in [-0.25, -0.2) is 4.79 Å². The SMILES string of the molecule is COc1ccc(CC2NC(=O)C(Cc3cccs3)NC(=O)CCC(=O)Nc3ccc(cc3)CC(C(=O)O)NC(=O)C(Cc3ccccc3)NC2=O)cc1. The predicted octanol–water partition coefficient (Wildman–Crippen LogP) is 2.78. The number of carbonyl (C=O) groups is 6. The van der Waals surface area contributed by atoms with Gasteiger partial charge in [-0.3, -0.25) is 24.0 Å². The molecular weight excluding hydrogens is 699 g/mol. The minimum absolute atomic E-state index is 0.00859. The van der Waals surface area contributed by atoms with Crippen LogP contribution in [0.4, 0.5) is 5.69 Å². The molecule has 6 rings (SSSR count). The number of rotatable bonds is 8. The highest BCUT2D eigenvalue weighted by Gasteiger charge is 2.32. The number of methoxy groups -OCH3 is 1. The first-order chi connectivity index (χ1) is 25.6. The molecule has 3 heterocycles. The number of thiophene rings is 1. The van der Waals surface area contributed by atoms with Gasteiger partial charge in [0.05, 0.1) is 7.11 Å².